The number of fused-ring (bicyclic) bond motifs is 4. The minimum atomic E-state index is -0.606. The van der Waals surface area contributed by atoms with Crippen molar-refractivity contribution in [2.75, 3.05) is 6.61 Å². The van der Waals surface area contributed by atoms with Gasteiger partial charge < -0.3 is 24.1 Å². The molecule has 57 heavy (non-hydrogen) atoms. The van der Waals surface area contributed by atoms with Crippen molar-refractivity contribution in [1.29, 1.82) is 0 Å². The summed E-state index contributed by atoms with van der Waals surface area (Å²) in [7, 11) is 0. The maximum Gasteiger partial charge on any atom is 0.255 e. The van der Waals surface area contributed by atoms with Crippen molar-refractivity contribution in [3.05, 3.63) is 114 Å². The van der Waals surface area contributed by atoms with Gasteiger partial charge in [-0.2, -0.15) is 0 Å². The number of hydrogen-bond acceptors (Lipinski definition) is 9. The van der Waals surface area contributed by atoms with Crippen molar-refractivity contribution in [3.63, 3.8) is 0 Å². The molecule has 6 aromatic rings. The molecule has 4 aliphatic rings. The van der Waals surface area contributed by atoms with Crippen LogP contribution in [-0.2, 0) is 20.9 Å². The average Bonchev–Trinajstić information content (AvgIpc) is 3.73. The molecule has 1 atom stereocenters. The van der Waals surface area contributed by atoms with Crippen LogP contribution in [0, 0.1) is 11.8 Å². The summed E-state index contributed by atoms with van der Waals surface area (Å²) >= 11 is 0. The van der Waals surface area contributed by atoms with Crippen LogP contribution in [0.1, 0.15) is 71.6 Å². The molecule has 6 heterocycles. The molecule has 284 valence electrons. The van der Waals surface area contributed by atoms with Crippen LogP contribution in [0.3, 0.4) is 0 Å². The maximum atomic E-state index is 13.0. The summed E-state index contributed by atoms with van der Waals surface area (Å²) in [6, 6.07) is 21.4. The standard InChI is InChI=1S/C45H38N6O6/c52-42-11-10-41(44(53)50-42)51-25-30-16-26(3-8-36(30)45(51)54)29-17-33(18-29)55-15-1-2-31-6-7-32(23-47-31)56-34-20-35(21-34)57-43-12-5-28(22-48-43)27-4-9-37-38-24-46-14-13-39(38)49-40(37)19-27/h3-9,12-14,16,19,22-24,29,33-35,41,49H,10-11,15,17-18,20-21,25H2,(H,50,52,53)/t29-,33-,34-,35-,41?. The minimum absolute atomic E-state index is 0.0469. The molecule has 2 saturated carbocycles. The minimum Gasteiger partial charge on any atom is -0.489 e. The monoisotopic (exact) mass is 758 g/mol. The number of aromatic nitrogens is 4. The zero-order valence-corrected chi connectivity index (χ0v) is 30.9. The normalized spacial score (nSPS) is 22.6. The number of nitrogens with one attached hydrogen (secondary N) is 2. The van der Waals surface area contributed by atoms with Gasteiger partial charge in [-0.3, -0.25) is 24.7 Å². The lowest BCUT2D eigenvalue weighted by molar-refractivity contribution is -0.136. The third-order valence-corrected chi connectivity index (χ3v) is 11.6. The van der Waals surface area contributed by atoms with Gasteiger partial charge in [0.2, 0.25) is 17.7 Å². The number of piperidine rings is 1. The number of imide groups is 1. The zero-order valence-electron chi connectivity index (χ0n) is 30.9. The Labute approximate surface area is 328 Å². The Morgan fingerprint density at radius 3 is 2.49 bits per heavy atom. The summed E-state index contributed by atoms with van der Waals surface area (Å²) in [6.07, 6.45) is 11.4. The number of hydrogen-bond donors (Lipinski definition) is 2. The number of aromatic amines is 1. The molecule has 2 aliphatic heterocycles. The third-order valence-electron chi connectivity index (χ3n) is 11.6. The number of pyridine rings is 3. The number of carbonyl (C=O) groups is 3. The van der Waals surface area contributed by atoms with E-state index in [-0.39, 0.29) is 36.5 Å². The maximum absolute atomic E-state index is 13.0. The fourth-order valence-electron chi connectivity index (χ4n) is 8.25. The number of nitrogens with zero attached hydrogens (tertiary/aromatic N) is 4. The predicted octanol–water partition coefficient (Wildman–Crippen LogP) is 6.24. The second kappa shape index (κ2) is 14.5. The Morgan fingerprint density at radius 2 is 1.67 bits per heavy atom. The highest BCUT2D eigenvalue weighted by Crippen LogP contribution is 2.40. The Morgan fingerprint density at radius 1 is 0.789 bits per heavy atom. The van der Waals surface area contributed by atoms with Crippen molar-refractivity contribution in [2.45, 2.75) is 75.3 Å². The fraction of sp³-hybridized carbons (Fsp3) is 0.289. The molecule has 1 saturated heterocycles. The summed E-state index contributed by atoms with van der Waals surface area (Å²) in [4.78, 5) is 55.3. The zero-order chi connectivity index (χ0) is 38.5. The summed E-state index contributed by atoms with van der Waals surface area (Å²) in [6.45, 7) is 0.698. The SMILES string of the molecule is O=C1CCC(N2Cc3cc([C@H]4C[C@H](OCC#Cc5ccc(O[C@H]6C[C@H](Oc7ccc(-c8ccc9c(c8)[nH]c8ccncc89)cn7)C6)cn5)C4)ccc3C2=O)C(=O)N1. The second-order valence-electron chi connectivity index (χ2n) is 15.2. The molecule has 2 aliphatic carbocycles. The number of H-pyrrole nitrogens is 1. The van der Waals surface area contributed by atoms with E-state index in [0.717, 1.165) is 64.2 Å². The van der Waals surface area contributed by atoms with Gasteiger partial charge in [-0.15, -0.1) is 0 Å². The van der Waals surface area contributed by atoms with E-state index in [4.69, 9.17) is 14.2 Å². The molecule has 12 heteroatoms. The van der Waals surface area contributed by atoms with Gasteiger partial charge in [0, 0.05) is 83.4 Å². The number of rotatable bonds is 9. The summed E-state index contributed by atoms with van der Waals surface area (Å²) in [5.74, 6) is 6.96. The van der Waals surface area contributed by atoms with E-state index >= 15 is 0 Å². The lowest BCUT2D eigenvalue weighted by atomic mass is 9.77. The number of carbonyl (C=O) groups excluding carboxylic acids is 3. The second-order valence-corrected chi connectivity index (χ2v) is 15.2. The molecular formula is C45H38N6O6. The van der Waals surface area contributed by atoms with E-state index in [0.29, 0.717) is 48.4 Å². The van der Waals surface area contributed by atoms with Crippen LogP contribution >= 0.6 is 0 Å². The van der Waals surface area contributed by atoms with E-state index in [1.54, 1.807) is 17.3 Å². The van der Waals surface area contributed by atoms with Gasteiger partial charge in [-0.1, -0.05) is 30.2 Å². The van der Waals surface area contributed by atoms with Crippen molar-refractivity contribution in [3.8, 4) is 34.6 Å². The van der Waals surface area contributed by atoms with Crippen LogP contribution in [0.4, 0.5) is 0 Å². The highest BCUT2D eigenvalue weighted by atomic mass is 16.5. The summed E-state index contributed by atoms with van der Waals surface area (Å²) in [5.41, 5.74) is 7.63. The number of amides is 3. The first-order chi connectivity index (χ1) is 27.9. The first kappa shape index (κ1) is 34.9. The molecule has 12 nitrogen and oxygen atoms in total. The molecule has 10 rings (SSSR count). The Hall–Kier alpha value is -6.58. The molecule has 0 spiro atoms. The summed E-state index contributed by atoms with van der Waals surface area (Å²) in [5, 5.41) is 4.62. The van der Waals surface area contributed by atoms with Crippen molar-refractivity contribution >= 4 is 39.5 Å². The highest BCUT2D eigenvalue weighted by molar-refractivity contribution is 6.08. The van der Waals surface area contributed by atoms with Gasteiger partial charge in [-0.25, -0.2) is 9.97 Å². The predicted molar refractivity (Wildman–Crippen MR) is 210 cm³/mol. The topological polar surface area (TPSA) is 149 Å². The summed E-state index contributed by atoms with van der Waals surface area (Å²) < 4.78 is 18.2. The lowest BCUT2D eigenvalue weighted by Crippen LogP contribution is -2.52. The molecule has 1 unspecified atom stereocenters. The van der Waals surface area contributed by atoms with E-state index in [1.807, 2.05) is 54.9 Å². The van der Waals surface area contributed by atoms with Crippen LogP contribution in [0.25, 0.3) is 32.9 Å². The van der Waals surface area contributed by atoms with Gasteiger partial charge in [0.15, 0.2) is 0 Å². The molecule has 4 aromatic heterocycles. The Kier molecular flexibility index (Phi) is 8.87. The van der Waals surface area contributed by atoms with E-state index < -0.39 is 11.9 Å². The van der Waals surface area contributed by atoms with Gasteiger partial charge in [0.05, 0.1) is 12.3 Å². The van der Waals surface area contributed by atoms with E-state index in [1.165, 1.54) is 5.56 Å². The Balaban J connectivity index is 0.643. The molecule has 0 bridgehead atoms. The van der Waals surface area contributed by atoms with Crippen LogP contribution in [0.15, 0.2) is 91.5 Å². The van der Waals surface area contributed by atoms with Crippen molar-refractivity contribution in [2.24, 2.45) is 0 Å². The van der Waals surface area contributed by atoms with Crippen LogP contribution < -0.4 is 14.8 Å². The van der Waals surface area contributed by atoms with E-state index in [9.17, 15) is 14.4 Å². The third kappa shape index (κ3) is 6.95. The van der Waals surface area contributed by atoms with Crippen LogP contribution in [0.5, 0.6) is 11.6 Å². The fourth-order valence-corrected chi connectivity index (χ4v) is 8.25. The van der Waals surface area contributed by atoms with Crippen LogP contribution in [0.2, 0.25) is 0 Å². The smallest absolute Gasteiger partial charge is 0.255 e. The first-order valence-corrected chi connectivity index (χ1v) is 19.4. The molecule has 2 aromatic carbocycles. The van der Waals surface area contributed by atoms with Gasteiger partial charge >= 0.3 is 0 Å². The molecule has 0 radical (unpaired) electrons. The van der Waals surface area contributed by atoms with E-state index in [2.05, 4.69) is 61.4 Å². The molecule has 3 fully saturated rings. The van der Waals surface area contributed by atoms with Gasteiger partial charge in [-0.05, 0) is 84.2 Å². The number of benzene rings is 2. The van der Waals surface area contributed by atoms with Crippen molar-refractivity contribution in [1.82, 2.24) is 30.2 Å². The molecule has 3 amide bonds. The first-order valence-electron chi connectivity index (χ1n) is 19.4. The Bertz CT molecular complexity index is 2600. The molecular weight excluding hydrogens is 721 g/mol. The number of ether oxygens (including phenoxy) is 3. The molecule has 2 N–H and O–H groups in total. The quantitative estimate of drug-likeness (QED) is 0.129. The largest absolute Gasteiger partial charge is 0.489 e. The average molecular weight is 759 g/mol. The lowest BCUT2D eigenvalue weighted by Gasteiger charge is -2.35. The van der Waals surface area contributed by atoms with Gasteiger partial charge in [0.1, 0.15) is 36.3 Å². The highest BCUT2D eigenvalue weighted by Gasteiger charge is 2.40. The van der Waals surface area contributed by atoms with Gasteiger partial charge in [0.25, 0.3) is 5.91 Å². The van der Waals surface area contributed by atoms with Crippen molar-refractivity contribution < 1.29 is 28.6 Å². The van der Waals surface area contributed by atoms with Crippen LogP contribution in [-0.4, -0.2) is 73.5 Å².